The quantitative estimate of drug-likeness (QED) is 0.642. The highest BCUT2D eigenvalue weighted by Gasteiger charge is 2.13. The Morgan fingerprint density at radius 2 is 2.15 bits per heavy atom. The first-order valence-electron chi connectivity index (χ1n) is 3.54. The lowest BCUT2D eigenvalue weighted by molar-refractivity contribution is 0.401. The van der Waals surface area contributed by atoms with E-state index in [2.05, 4.69) is 4.85 Å². The van der Waals surface area contributed by atoms with Crippen molar-refractivity contribution < 1.29 is 13.5 Å². The monoisotopic (exact) mass is 183 g/mol. The minimum Gasteiger partial charge on any atom is -0.496 e. The first-order valence-corrected chi connectivity index (χ1v) is 3.54. The Morgan fingerprint density at radius 3 is 2.69 bits per heavy atom. The van der Waals surface area contributed by atoms with Gasteiger partial charge in [-0.1, -0.05) is 0 Å². The van der Waals surface area contributed by atoms with Gasteiger partial charge in [0.15, 0.2) is 0 Å². The van der Waals surface area contributed by atoms with E-state index in [9.17, 15) is 8.78 Å². The van der Waals surface area contributed by atoms with Gasteiger partial charge in [0, 0.05) is 12.1 Å². The van der Waals surface area contributed by atoms with Crippen molar-refractivity contribution in [1.82, 2.24) is 0 Å². The molecule has 1 aromatic rings. The van der Waals surface area contributed by atoms with Crippen molar-refractivity contribution in [2.24, 2.45) is 0 Å². The minimum atomic E-state index is -0.743. The summed E-state index contributed by atoms with van der Waals surface area (Å²) in [6.07, 6.45) is 0. The van der Waals surface area contributed by atoms with Gasteiger partial charge in [-0.3, -0.25) is 0 Å². The second-order valence-electron chi connectivity index (χ2n) is 2.38. The smallest absolute Gasteiger partial charge is 0.246 e. The zero-order valence-electron chi connectivity index (χ0n) is 6.97. The molecule has 0 aliphatic rings. The zero-order valence-corrected chi connectivity index (χ0v) is 6.97. The van der Waals surface area contributed by atoms with Crippen LogP contribution in [0, 0.1) is 18.2 Å². The molecule has 1 aromatic carbocycles. The van der Waals surface area contributed by atoms with Gasteiger partial charge in [0.2, 0.25) is 6.54 Å². The van der Waals surface area contributed by atoms with Crippen LogP contribution in [0.1, 0.15) is 5.56 Å². The van der Waals surface area contributed by atoms with Crippen LogP contribution in [0.2, 0.25) is 0 Å². The maximum absolute atomic E-state index is 13.0. The molecule has 0 bridgehead atoms. The largest absolute Gasteiger partial charge is 0.496 e. The molecule has 0 aromatic heterocycles. The standard InChI is InChI=1S/C9H7F2NO/c1-12-5-7-8(11)3-6(10)4-9(7)13-2/h3-4H,5H2,2H3. The molecule has 0 atom stereocenters. The number of nitrogens with zero attached hydrogens (tertiary/aromatic N) is 1. The van der Waals surface area contributed by atoms with Gasteiger partial charge in [-0.05, 0) is 0 Å². The van der Waals surface area contributed by atoms with Gasteiger partial charge in [-0.25, -0.2) is 15.4 Å². The van der Waals surface area contributed by atoms with E-state index >= 15 is 0 Å². The normalized spacial score (nSPS) is 9.38. The van der Waals surface area contributed by atoms with Crippen LogP contribution in [0.4, 0.5) is 8.78 Å². The zero-order chi connectivity index (χ0) is 9.84. The Hall–Kier alpha value is -1.63. The van der Waals surface area contributed by atoms with Crippen molar-refractivity contribution in [1.29, 1.82) is 0 Å². The molecule has 0 aliphatic carbocycles. The summed E-state index contributed by atoms with van der Waals surface area (Å²) in [7, 11) is 1.31. The second kappa shape index (κ2) is 3.85. The van der Waals surface area contributed by atoms with E-state index in [1.165, 1.54) is 7.11 Å². The van der Waals surface area contributed by atoms with Crippen LogP contribution in [-0.2, 0) is 6.54 Å². The Balaban J connectivity index is 3.23. The molecule has 0 aliphatic heterocycles. The van der Waals surface area contributed by atoms with Crippen molar-refractivity contribution in [3.05, 3.63) is 40.7 Å². The van der Waals surface area contributed by atoms with Crippen molar-refractivity contribution in [3.63, 3.8) is 0 Å². The van der Waals surface area contributed by atoms with Gasteiger partial charge >= 0.3 is 0 Å². The SMILES string of the molecule is [C-]#[N+]Cc1c(F)cc(F)cc1OC. The predicted molar refractivity (Wildman–Crippen MR) is 43.2 cm³/mol. The van der Waals surface area contributed by atoms with Gasteiger partial charge in [-0.2, -0.15) is 0 Å². The fraction of sp³-hybridized carbons (Fsp3) is 0.222. The summed E-state index contributed by atoms with van der Waals surface area (Å²) in [5, 5.41) is 0. The van der Waals surface area contributed by atoms with Gasteiger partial charge in [0.05, 0.1) is 7.11 Å². The molecule has 0 unspecified atom stereocenters. The third kappa shape index (κ3) is 1.94. The summed E-state index contributed by atoms with van der Waals surface area (Å²) in [6.45, 7) is 6.43. The first-order chi connectivity index (χ1) is 6.19. The molecular formula is C9H7F2NO. The number of halogens is 2. The van der Waals surface area contributed by atoms with E-state index in [1.807, 2.05) is 0 Å². The van der Waals surface area contributed by atoms with E-state index in [1.54, 1.807) is 0 Å². The number of benzene rings is 1. The Morgan fingerprint density at radius 1 is 1.46 bits per heavy atom. The van der Waals surface area contributed by atoms with Crippen LogP contribution >= 0.6 is 0 Å². The average molecular weight is 183 g/mol. The molecule has 1 rings (SSSR count). The van der Waals surface area contributed by atoms with Crippen molar-refractivity contribution in [2.45, 2.75) is 6.54 Å². The summed E-state index contributed by atoms with van der Waals surface area (Å²) in [5.74, 6) is -1.37. The number of hydrogen-bond acceptors (Lipinski definition) is 1. The number of ether oxygens (including phenoxy) is 1. The Kier molecular flexibility index (Phi) is 2.80. The molecule has 0 N–H and O–H groups in total. The van der Waals surface area contributed by atoms with Crippen LogP contribution < -0.4 is 4.74 Å². The van der Waals surface area contributed by atoms with Crippen molar-refractivity contribution >= 4 is 0 Å². The van der Waals surface area contributed by atoms with E-state index in [-0.39, 0.29) is 17.9 Å². The fourth-order valence-electron chi connectivity index (χ4n) is 0.995. The molecule has 68 valence electrons. The Bertz CT molecular complexity index is 357. The van der Waals surface area contributed by atoms with Crippen LogP contribution in [0.3, 0.4) is 0 Å². The fourth-order valence-corrected chi connectivity index (χ4v) is 0.995. The highest BCUT2D eigenvalue weighted by molar-refractivity contribution is 5.36. The number of hydrogen-bond donors (Lipinski definition) is 0. The molecule has 0 saturated carbocycles. The maximum atomic E-state index is 13.0. The molecule has 13 heavy (non-hydrogen) atoms. The molecule has 0 heterocycles. The lowest BCUT2D eigenvalue weighted by Crippen LogP contribution is -1.95. The third-order valence-corrected chi connectivity index (χ3v) is 1.58. The second-order valence-corrected chi connectivity index (χ2v) is 2.38. The average Bonchev–Trinajstić information content (AvgIpc) is 2.09. The molecule has 0 fully saturated rings. The third-order valence-electron chi connectivity index (χ3n) is 1.58. The van der Waals surface area contributed by atoms with Crippen LogP contribution in [0.15, 0.2) is 12.1 Å². The van der Waals surface area contributed by atoms with E-state index in [0.29, 0.717) is 0 Å². The minimum absolute atomic E-state index is 0.0773. The topological polar surface area (TPSA) is 13.6 Å². The highest BCUT2D eigenvalue weighted by atomic mass is 19.1. The molecule has 4 heteroatoms. The van der Waals surface area contributed by atoms with Crippen LogP contribution in [0.5, 0.6) is 5.75 Å². The van der Waals surface area contributed by atoms with E-state index < -0.39 is 11.6 Å². The lowest BCUT2D eigenvalue weighted by Gasteiger charge is -2.04. The van der Waals surface area contributed by atoms with Crippen molar-refractivity contribution in [3.8, 4) is 5.75 Å². The Labute approximate surface area is 74.6 Å². The predicted octanol–water partition coefficient (Wildman–Crippen LogP) is 2.39. The maximum Gasteiger partial charge on any atom is 0.246 e. The summed E-state index contributed by atoms with van der Waals surface area (Å²) >= 11 is 0. The van der Waals surface area contributed by atoms with Gasteiger partial charge in [-0.15, -0.1) is 0 Å². The van der Waals surface area contributed by atoms with Gasteiger partial charge in [0.1, 0.15) is 22.9 Å². The number of methoxy groups -OCH3 is 1. The van der Waals surface area contributed by atoms with E-state index in [0.717, 1.165) is 12.1 Å². The molecule has 2 nitrogen and oxygen atoms in total. The molecular weight excluding hydrogens is 176 g/mol. The molecule has 0 radical (unpaired) electrons. The van der Waals surface area contributed by atoms with E-state index in [4.69, 9.17) is 11.3 Å². The van der Waals surface area contributed by atoms with Crippen LogP contribution in [0.25, 0.3) is 4.85 Å². The number of rotatable bonds is 2. The van der Waals surface area contributed by atoms with Gasteiger partial charge < -0.3 is 9.58 Å². The molecule has 0 spiro atoms. The van der Waals surface area contributed by atoms with Gasteiger partial charge in [0.25, 0.3) is 0 Å². The lowest BCUT2D eigenvalue weighted by atomic mass is 10.2. The van der Waals surface area contributed by atoms with Crippen LogP contribution in [-0.4, -0.2) is 7.11 Å². The summed E-state index contributed by atoms with van der Waals surface area (Å²) in [5.41, 5.74) is 0.0962. The van der Waals surface area contributed by atoms with Crippen molar-refractivity contribution in [2.75, 3.05) is 7.11 Å². The summed E-state index contributed by atoms with van der Waals surface area (Å²) < 4.78 is 30.4. The first kappa shape index (κ1) is 9.46. The molecule has 0 amide bonds. The molecule has 0 saturated heterocycles. The highest BCUT2D eigenvalue weighted by Crippen LogP contribution is 2.23. The summed E-state index contributed by atoms with van der Waals surface area (Å²) in [6, 6.07) is 1.80. The summed E-state index contributed by atoms with van der Waals surface area (Å²) in [4.78, 5) is 3.01.